The number of hydrogen-bond donors (Lipinski definition) is 1. The number of pyridine rings is 1. The summed E-state index contributed by atoms with van der Waals surface area (Å²) in [7, 11) is 0. The molecule has 1 unspecified atom stereocenters. The molecule has 2 aliphatic heterocycles. The normalized spacial score (nSPS) is 22.0. The highest BCUT2D eigenvalue weighted by atomic mass is 32.2. The second-order valence-corrected chi connectivity index (χ2v) is 5.69. The van der Waals surface area contributed by atoms with E-state index in [0.29, 0.717) is 12.8 Å². The lowest BCUT2D eigenvalue weighted by molar-refractivity contribution is -0.150. The van der Waals surface area contributed by atoms with E-state index in [9.17, 15) is 14.7 Å². The number of aromatic nitrogens is 1. The predicted molar refractivity (Wildman–Crippen MR) is 69.2 cm³/mol. The summed E-state index contributed by atoms with van der Waals surface area (Å²) in [6.07, 6.45) is 5.37. The van der Waals surface area contributed by atoms with Crippen LogP contribution in [0.5, 0.6) is 0 Å². The number of thioether (sulfide) groups is 1. The average Bonchev–Trinajstić information content (AvgIpc) is 2.39. The third-order valence-electron chi connectivity index (χ3n) is 3.35. The maximum absolute atomic E-state index is 11.6. The molecule has 98 valence electrons. The van der Waals surface area contributed by atoms with E-state index in [1.165, 1.54) is 16.7 Å². The number of carbonyl (C=O) groups excluding carboxylic acids is 1. The van der Waals surface area contributed by atoms with E-state index >= 15 is 0 Å². The van der Waals surface area contributed by atoms with Crippen LogP contribution >= 0.6 is 11.8 Å². The van der Waals surface area contributed by atoms with Gasteiger partial charge >= 0.3 is 5.97 Å². The van der Waals surface area contributed by atoms with Gasteiger partial charge in [-0.05, 0) is 25.0 Å². The maximum Gasteiger partial charge on any atom is 0.353 e. The van der Waals surface area contributed by atoms with Crippen molar-refractivity contribution in [3.05, 3.63) is 35.1 Å². The summed E-state index contributed by atoms with van der Waals surface area (Å²) >= 11 is 1.41. The molecular formula is C13H12N2O3S. The van der Waals surface area contributed by atoms with Crippen molar-refractivity contribution < 1.29 is 14.7 Å². The zero-order valence-corrected chi connectivity index (χ0v) is 10.9. The molecule has 1 aromatic heterocycles. The molecule has 1 aromatic rings. The van der Waals surface area contributed by atoms with Gasteiger partial charge < -0.3 is 10.0 Å². The smallest absolute Gasteiger partial charge is 0.353 e. The molecule has 3 rings (SSSR count). The number of carboxylic acid groups (broad SMARTS) is 1. The van der Waals surface area contributed by atoms with E-state index < -0.39 is 5.97 Å². The average molecular weight is 276 g/mol. The van der Waals surface area contributed by atoms with E-state index in [0.717, 1.165) is 16.2 Å². The topological polar surface area (TPSA) is 70.5 Å². The molecule has 2 aliphatic rings. The Bertz CT molecular complexity index is 571. The summed E-state index contributed by atoms with van der Waals surface area (Å²) < 4.78 is 0. The number of fused-ring (bicyclic) bond motifs is 1. The number of amides is 1. The zero-order valence-electron chi connectivity index (χ0n) is 10.1. The fourth-order valence-corrected chi connectivity index (χ4v) is 3.49. The van der Waals surface area contributed by atoms with Gasteiger partial charge in [-0.3, -0.25) is 9.78 Å². The Labute approximate surface area is 114 Å². The van der Waals surface area contributed by atoms with E-state index in [-0.39, 0.29) is 17.6 Å². The lowest BCUT2D eigenvalue weighted by Gasteiger charge is -2.44. The van der Waals surface area contributed by atoms with Crippen LogP contribution in [0.15, 0.2) is 40.0 Å². The first-order valence-corrected chi connectivity index (χ1v) is 6.85. The molecule has 0 spiro atoms. The van der Waals surface area contributed by atoms with Crippen molar-refractivity contribution in [3.8, 4) is 0 Å². The number of hydrogen-bond acceptors (Lipinski definition) is 4. The number of aliphatic carboxylic acids is 1. The Morgan fingerprint density at radius 3 is 2.79 bits per heavy atom. The van der Waals surface area contributed by atoms with Crippen molar-refractivity contribution >= 4 is 23.6 Å². The van der Waals surface area contributed by atoms with Crippen molar-refractivity contribution in [1.29, 1.82) is 0 Å². The Kier molecular flexibility index (Phi) is 3.02. The summed E-state index contributed by atoms with van der Waals surface area (Å²) in [4.78, 5) is 30.1. The van der Waals surface area contributed by atoms with Gasteiger partial charge in [-0.2, -0.15) is 0 Å². The van der Waals surface area contributed by atoms with E-state index in [4.69, 9.17) is 0 Å². The number of carboxylic acids is 1. The van der Waals surface area contributed by atoms with Crippen LogP contribution in [0.3, 0.4) is 0 Å². The standard InChI is InChI=1S/C13H12N2O3S/c16-11-7-8-1-2-10(12(13(17)18)15(8)11)19-9-3-5-14-6-4-9/h3-6,8H,1-2,7H2,(H,17,18). The minimum atomic E-state index is -1.02. The number of nitrogens with zero attached hydrogens (tertiary/aromatic N) is 2. The second-order valence-electron chi connectivity index (χ2n) is 4.52. The van der Waals surface area contributed by atoms with Crippen molar-refractivity contribution in [2.75, 3.05) is 0 Å². The van der Waals surface area contributed by atoms with Crippen LogP contribution in [0.4, 0.5) is 0 Å². The molecule has 1 amide bonds. The molecule has 1 saturated heterocycles. The van der Waals surface area contributed by atoms with Crippen LogP contribution in [0.25, 0.3) is 0 Å². The predicted octanol–water partition coefficient (Wildman–Crippen LogP) is 1.86. The Balaban J connectivity index is 1.94. The minimum Gasteiger partial charge on any atom is -0.477 e. The van der Waals surface area contributed by atoms with Crippen LogP contribution in [-0.4, -0.2) is 32.9 Å². The van der Waals surface area contributed by atoms with Gasteiger partial charge in [0.1, 0.15) is 5.70 Å². The third kappa shape index (κ3) is 2.12. The van der Waals surface area contributed by atoms with Crippen LogP contribution in [-0.2, 0) is 9.59 Å². The molecule has 3 heterocycles. The molecule has 1 fully saturated rings. The van der Waals surface area contributed by atoms with Crippen molar-refractivity contribution in [2.24, 2.45) is 0 Å². The molecule has 5 nitrogen and oxygen atoms in total. The lowest BCUT2D eigenvalue weighted by Crippen LogP contribution is -2.55. The summed E-state index contributed by atoms with van der Waals surface area (Å²) in [6.45, 7) is 0. The quantitative estimate of drug-likeness (QED) is 0.853. The summed E-state index contributed by atoms with van der Waals surface area (Å²) in [5.74, 6) is -1.11. The SMILES string of the molecule is O=C(O)C1=C(Sc2ccncc2)CCC2CC(=O)N12. The highest BCUT2D eigenvalue weighted by Gasteiger charge is 2.44. The van der Waals surface area contributed by atoms with Crippen LogP contribution in [0, 0.1) is 0 Å². The number of rotatable bonds is 3. The molecule has 0 aliphatic carbocycles. The first-order chi connectivity index (χ1) is 9.16. The van der Waals surface area contributed by atoms with Gasteiger partial charge in [0, 0.05) is 34.7 Å². The van der Waals surface area contributed by atoms with E-state index in [2.05, 4.69) is 4.98 Å². The second kappa shape index (κ2) is 4.70. The summed E-state index contributed by atoms with van der Waals surface area (Å²) in [5, 5.41) is 9.35. The molecule has 1 atom stereocenters. The molecule has 1 N–H and O–H groups in total. The highest BCUT2D eigenvalue weighted by molar-refractivity contribution is 8.03. The molecule has 0 aromatic carbocycles. The molecule has 0 saturated carbocycles. The first kappa shape index (κ1) is 12.2. The Morgan fingerprint density at radius 2 is 2.16 bits per heavy atom. The number of allylic oxidation sites excluding steroid dienone is 1. The molecule has 0 bridgehead atoms. The molecule has 0 radical (unpaired) electrons. The van der Waals surface area contributed by atoms with Crippen molar-refractivity contribution in [2.45, 2.75) is 30.2 Å². The summed E-state index contributed by atoms with van der Waals surface area (Å²) in [6, 6.07) is 3.75. The highest BCUT2D eigenvalue weighted by Crippen LogP contribution is 2.42. The Hall–Kier alpha value is -1.82. The van der Waals surface area contributed by atoms with Crippen molar-refractivity contribution in [1.82, 2.24) is 9.88 Å². The van der Waals surface area contributed by atoms with Crippen LogP contribution < -0.4 is 0 Å². The third-order valence-corrected chi connectivity index (χ3v) is 4.50. The summed E-state index contributed by atoms with van der Waals surface area (Å²) in [5.41, 5.74) is 0.161. The van der Waals surface area contributed by atoms with Gasteiger partial charge in [0.15, 0.2) is 0 Å². The minimum absolute atomic E-state index is 0.0837. The fraction of sp³-hybridized carbons (Fsp3) is 0.308. The van der Waals surface area contributed by atoms with Gasteiger partial charge in [-0.1, -0.05) is 11.8 Å². The monoisotopic (exact) mass is 276 g/mol. The van der Waals surface area contributed by atoms with Crippen LogP contribution in [0.2, 0.25) is 0 Å². The largest absolute Gasteiger partial charge is 0.477 e. The van der Waals surface area contributed by atoms with E-state index in [1.54, 1.807) is 12.4 Å². The number of carbonyl (C=O) groups is 2. The van der Waals surface area contributed by atoms with E-state index in [1.807, 2.05) is 12.1 Å². The molecule has 6 heteroatoms. The first-order valence-electron chi connectivity index (χ1n) is 6.03. The number of β-lactam (4-membered cyclic amide) rings is 1. The molecular weight excluding hydrogens is 264 g/mol. The lowest BCUT2D eigenvalue weighted by atomic mass is 9.91. The van der Waals surface area contributed by atoms with Gasteiger partial charge in [0.05, 0.1) is 0 Å². The van der Waals surface area contributed by atoms with Gasteiger partial charge in [0.2, 0.25) is 5.91 Å². The maximum atomic E-state index is 11.6. The van der Waals surface area contributed by atoms with Crippen LogP contribution in [0.1, 0.15) is 19.3 Å². The molecule has 19 heavy (non-hydrogen) atoms. The fourth-order valence-electron chi connectivity index (χ4n) is 2.44. The van der Waals surface area contributed by atoms with Gasteiger partial charge in [-0.15, -0.1) is 0 Å². The van der Waals surface area contributed by atoms with Crippen molar-refractivity contribution in [3.63, 3.8) is 0 Å². The van der Waals surface area contributed by atoms with Gasteiger partial charge in [-0.25, -0.2) is 4.79 Å². The Morgan fingerprint density at radius 1 is 1.42 bits per heavy atom. The zero-order chi connectivity index (χ0) is 13.4. The van der Waals surface area contributed by atoms with Gasteiger partial charge in [0.25, 0.3) is 0 Å².